The van der Waals surface area contributed by atoms with Gasteiger partial charge in [0, 0.05) is 24.3 Å². The zero-order chi connectivity index (χ0) is 15.2. The molecular formula is C16H18N2O3. The van der Waals surface area contributed by atoms with Gasteiger partial charge in [0.1, 0.15) is 5.75 Å². The molecule has 0 aliphatic rings. The summed E-state index contributed by atoms with van der Waals surface area (Å²) in [7, 11) is 1.65. The highest BCUT2D eigenvalue weighted by Crippen LogP contribution is 2.24. The number of aromatic carboxylic acids is 1. The van der Waals surface area contributed by atoms with Crippen molar-refractivity contribution in [2.45, 2.75) is 19.5 Å². The number of para-hydroxylation sites is 1. The van der Waals surface area contributed by atoms with Gasteiger partial charge in [0.2, 0.25) is 0 Å². The standard InChI is InChI=1S/C16H18N2O3/c1-11(14-5-3-4-6-15(14)21-2)17-10-13-8-7-12(9-18-13)16(19)20/h3-9,11,17H,10H2,1-2H3,(H,19,20)/t11-/m0/s1. The van der Waals surface area contributed by atoms with Gasteiger partial charge in [-0.15, -0.1) is 0 Å². The number of benzene rings is 1. The lowest BCUT2D eigenvalue weighted by atomic mass is 10.1. The lowest BCUT2D eigenvalue weighted by Crippen LogP contribution is -2.19. The second-order valence-electron chi connectivity index (χ2n) is 4.69. The molecule has 5 nitrogen and oxygen atoms in total. The van der Waals surface area contributed by atoms with E-state index in [4.69, 9.17) is 9.84 Å². The lowest BCUT2D eigenvalue weighted by molar-refractivity contribution is 0.0696. The van der Waals surface area contributed by atoms with Crippen LogP contribution in [0.15, 0.2) is 42.6 Å². The van der Waals surface area contributed by atoms with Gasteiger partial charge in [-0.05, 0) is 25.1 Å². The van der Waals surface area contributed by atoms with Crippen molar-refractivity contribution in [1.82, 2.24) is 10.3 Å². The van der Waals surface area contributed by atoms with Crippen molar-refractivity contribution in [3.63, 3.8) is 0 Å². The Kier molecular flexibility index (Phi) is 4.90. The number of nitrogens with one attached hydrogen (secondary N) is 1. The summed E-state index contributed by atoms with van der Waals surface area (Å²) in [6, 6.07) is 11.2. The molecule has 1 atom stereocenters. The second kappa shape index (κ2) is 6.85. The molecule has 110 valence electrons. The zero-order valence-electron chi connectivity index (χ0n) is 12.0. The third-order valence-electron chi connectivity index (χ3n) is 3.27. The molecule has 0 amide bonds. The van der Waals surface area contributed by atoms with Crippen LogP contribution in [-0.4, -0.2) is 23.2 Å². The second-order valence-corrected chi connectivity index (χ2v) is 4.69. The van der Waals surface area contributed by atoms with Crippen molar-refractivity contribution in [3.8, 4) is 5.75 Å². The van der Waals surface area contributed by atoms with Gasteiger partial charge in [-0.1, -0.05) is 18.2 Å². The highest BCUT2D eigenvalue weighted by molar-refractivity contribution is 5.87. The van der Waals surface area contributed by atoms with Crippen LogP contribution >= 0.6 is 0 Å². The van der Waals surface area contributed by atoms with Gasteiger partial charge in [-0.25, -0.2) is 4.79 Å². The maximum Gasteiger partial charge on any atom is 0.337 e. The predicted octanol–water partition coefficient (Wildman–Crippen LogP) is 2.64. The van der Waals surface area contributed by atoms with Crippen LogP contribution in [0.25, 0.3) is 0 Å². The third kappa shape index (κ3) is 3.79. The first-order valence-corrected chi connectivity index (χ1v) is 6.66. The highest BCUT2D eigenvalue weighted by atomic mass is 16.5. The van der Waals surface area contributed by atoms with Crippen molar-refractivity contribution in [2.24, 2.45) is 0 Å². The van der Waals surface area contributed by atoms with E-state index in [2.05, 4.69) is 10.3 Å². The molecule has 1 aromatic heterocycles. The van der Waals surface area contributed by atoms with Gasteiger partial charge in [0.25, 0.3) is 0 Å². The fraction of sp³-hybridized carbons (Fsp3) is 0.250. The first kappa shape index (κ1) is 15.0. The summed E-state index contributed by atoms with van der Waals surface area (Å²) >= 11 is 0. The topological polar surface area (TPSA) is 71.5 Å². The van der Waals surface area contributed by atoms with Crippen LogP contribution in [0.5, 0.6) is 5.75 Å². The molecule has 0 unspecified atom stereocenters. The molecule has 2 rings (SSSR count). The first-order chi connectivity index (χ1) is 10.1. The number of nitrogens with zero attached hydrogens (tertiary/aromatic N) is 1. The van der Waals surface area contributed by atoms with Gasteiger partial charge in [-0.2, -0.15) is 0 Å². The molecule has 2 N–H and O–H groups in total. The largest absolute Gasteiger partial charge is 0.496 e. The maximum absolute atomic E-state index is 10.8. The number of carboxylic acids is 1. The summed E-state index contributed by atoms with van der Waals surface area (Å²) in [5.74, 6) is -0.129. The normalized spacial score (nSPS) is 11.9. The molecule has 0 saturated heterocycles. The molecule has 0 radical (unpaired) electrons. The minimum atomic E-state index is -0.968. The minimum absolute atomic E-state index is 0.0992. The Labute approximate surface area is 123 Å². The molecule has 0 aliphatic carbocycles. The van der Waals surface area contributed by atoms with Crippen LogP contribution in [0.4, 0.5) is 0 Å². The number of aromatic nitrogens is 1. The summed E-state index contributed by atoms with van der Waals surface area (Å²) in [6.07, 6.45) is 1.37. The van der Waals surface area contributed by atoms with Crippen molar-refractivity contribution < 1.29 is 14.6 Å². The van der Waals surface area contributed by atoms with E-state index in [0.717, 1.165) is 17.0 Å². The summed E-state index contributed by atoms with van der Waals surface area (Å²) in [6.45, 7) is 2.60. The SMILES string of the molecule is COc1ccccc1[C@H](C)NCc1ccc(C(=O)O)cn1. The monoisotopic (exact) mass is 286 g/mol. The lowest BCUT2D eigenvalue weighted by Gasteiger charge is -2.17. The van der Waals surface area contributed by atoms with Crippen LogP contribution in [0.1, 0.15) is 34.6 Å². The van der Waals surface area contributed by atoms with Gasteiger partial charge in [0.05, 0.1) is 18.4 Å². The van der Waals surface area contributed by atoms with Crippen LogP contribution < -0.4 is 10.1 Å². The smallest absolute Gasteiger partial charge is 0.337 e. The molecule has 0 spiro atoms. The van der Waals surface area contributed by atoms with Crippen LogP contribution in [0, 0.1) is 0 Å². The van der Waals surface area contributed by atoms with E-state index in [0.29, 0.717) is 6.54 Å². The molecule has 0 saturated carbocycles. The van der Waals surface area contributed by atoms with Crippen LogP contribution in [0.3, 0.4) is 0 Å². The summed E-state index contributed by atoms with van der Waals surface area (Å²) in [5.41, 5.74) is 2.06. The average Bonchev–Trinajstić information content (AvgIpc) is 2.52. The highest BCUT2D eigenvalue weighted by Gasteiger charge is 2.10. The van der Waals surface area contributed by atoms with Gasteiger partial charge >= 0.3 is 5.97 Å². The van der Waals surface area contributed by atoms with Gasteiger partial charge < -0.3 is 15.2 Å². The minimum Gasteiger partial charge on any atom is -0.496 e. The van der Waals surface area contributed by atoms with E-state index >= 15 is 0 Å². The fourth-order valence-corrected chi connectivity index (χ4v) is 2.05. The number of hydrogen-bond acceptors (Lipinski definition) is 4. The van der Waals surface area contributed by atoms with Crippen molar-refractivity contribution >= 4 is 5.97 Å². The Balaban J connectivity index is 2.00. The predicted molar refractivity (Wildman–Crippen MR) is 79.4 cm³/mol. The summed E-state index contributed by atoms with van der Waals surface area (Å²) in [5, 5.41) is 12.2. The number of pyridine rings is 1. The number of hydrogen-bond donors (Lipinski definition) is 2. The Hall–Kier alpha value is -2.40. The van der Waals surface area contributed by atoms with Gasteiger partial charge in [0.15, 0.2) is 0 Å². The quantitative estimate of drug-likeness (QED) is 0.854. The van der Waals surface area contributed by atoms with Crippen LogP contribution in [-0.2, 0) is 6.54 Å². The van der Waals surface area contributed by atoms with E-state index in [9.17, 15) is 4.79 Å². The Morgan fingerprint density at radius 2 is 2.10 bits per heavy atom. The molecule has 21 heavy (non-hydrogen) atoms. The molecule has 1 heterocycles. The zero-order valence-corrected chi connectivity index (χ0v) is 12.0. The average molecular weight is 286 g/mol. The Bertz CT molecular complexity index is 611. The van der Waals surface area contributed by atoms with E-state index < -0.39 is 5.97 Å². The van der Waals surface area contributed by atoms with Crippen molar-refractivity contribution in [2.75, 3.05) is 7.11 Å². The number of carboxylic acid groups (broad SMARTS) is 1. The van der Waals surface area contributed by atoms with E-state index in [1.165, 1.54) is 6.20 Å². The molecule has 1 aromatic carbocycles. The third-order valence-corrected chi connectivity index (χ3v) is 3.27. The molecule has 5 heteroatoms. The van der Waals surface area contributed by atoms with E-state index in [1.54, 1.807) is 19.2 Å². The van der Waals surface area contributed by atoms with Crippen LogP contribution in [0.2, 0.25) is 0 Å². The Morgan fingerprint density at radius 1 is 1.33 bits per heavy atom. The number of methoxy groups -OCH3 is 1. The molecule has 0 bridgehead atoms. The first-order valence-electron chi connectivity index (χ1n) is 6.66. The number of carbonyl (C=O) groups is 1. The molecule has 0 aliphatic heterocycles. The van der Waals surface area contributed by atoms with Gasteiger partial charge in [-0.3, -0.25) is 4.98 Å². The van der Waals surface area contributed by atoms with Crippen molar-refractivity contribution in [1.29, 1.82) is 0 Å². The maximum atomic E-state index is 10.8. The molecule has 0 fully saturated rings. The summed E-state index contributed by atoms with van der Waals surface area (Å²) in [4.78, 5) is 14.9. The van der Waals surface area contributed by atoms with Crippen molar-refractivity contribution in [3.05, 3.63) is 59.4 Å². The van der Waals surface area contributed by atoms with E-state index in [1.807, 2.05) is 31.2 Å². The Morgan fingerprint density at radius 3 is 2.71 bits per heavy atom. The molecule has 2 aromatic rings. The number of rotatable bonds is 6. The number of ether oxygens (including phenoxy) is 1. The fourth-order valence-electron chi connectivity index (χ4n) is 2.05. The molecular weight excluding hydrogens is 268 g/mol. The summed E-state index contributed by atoms with van der Waals surface area (Å²) < 4.78 is 5.34. The van der Waals surface area contributed by atoms with E-state index in [-0.39, 0.29) is 11.6 Å².